The summed E-state index contributed by atoms with van der Waals surface area (Å²) >= 11 is 0. The Hall–Kier alpha value is -3.76. The zero-order valence-electron chi connectivity index (χ0n) is 18.9. The number of hydrogen-bond acceptors (Lipinski definition) is 8. The van der Waals surface area contributed by atoms with Gasteiger partial charge < -0.3 is 24.1 Å². The summed E-state index contributed by atoms with van der Waals surface area (Å²) in [5, 5.41) is 9.25. The van der Waals surface area contributed by atoms with Crippen LogP contribution in [0.5, 0.6) is 23.0 Å². The first-order valence-corrected chi connectivity index (χ1v) is 11.7. The van der Waals surface area contributed by atoms with Crippen molar-refractivity contribution in [1.82, 2.24) is 0 Å². The van der Waals surface area contributed by atoms with Crippen molar-refractivity contribution in [3.05, 3.63) is 71.8 Å². The summed E-state index contributed by atoms with van der Waals surface area (Å²) < 4.78 is 50.4. The number of aliphatic hydroxyl groups is 1. The van der Waals surface area contributed by atoms with Crippen LogP contribution >= 0.6 is 0 Å². The number of ether oxygens (including phenoxy) is 4. The number of anilines is 1. The molecule has 3 aromatic rings. The molecule has 3 rings (SSSR count). The Morgan fingerprint density at radius 3 is 2.26 bits per heavy atom. The van der Waals surface area contributed by atoms with E-state index < -0.39 is 16.0 Å². The van der Waals surface area contributed by atoms with E-state index in [1.807, 2.05) is 6.92 Å². The molecule has 0 atom stereocenters. The number of esters is 1. The van der Waals surface area contributed by atoms with E-state index in [1.165, 1.54) is 38.5 Å². The molecule has 0 aromatic heterocycles. The van der Waals surface area contributed by atoms with Crippen LogP contribution in [0.25, 0.3) is 0 Å². The smallest absolute Gasteiger partial charge is 0.338 e. The van der Waals surface area contributed by atoms with Crippen molar-refractivity contribution in [2.75, 3.05) is 32.2 Å². The molecule has 0 aliphatic carbocycles. The molecular formula is C24H25NO8S. The predicted octanol–water partition coefficient (Wildman–Crippen LogP) is 3.75. The molecule has 10 heteroatoms. The number of aryl methyl sites for hydroxylation is 1. The number of methoxy groups -OCH3 is 2. The van der Waals surface area contributed by atoms with Gasteiger partial charge in [-0.05, 0) is 43.3 Å². The van der Waals surface area contributed by atoms with Crippen LogP contribution in [-0.2, 0) is 14.8 Å². The molecule has 180 valence electrons. The molecule has 0 spiro atoms. The van der Waals surface area contributed by atoms with Gasteiger partial charge in [-0.25, -0.2) is 13.2 Å². The summed E-state index contributed by atoms with van der Waals surface area (Å²) in [6.45, 7) is 1.39. The molecule has 0 amide bonds. The zero-order chi connectivity index (χ0) is 24.7. The summed E-state index contributed by atoms with van der Waals surface area (Å²) in [7, 11) is -1.40. The van der Waals surface area contributed by atoms with Crippen molar-refractivity contribution in [1.29, 1.82) is 0 Å². The highest BCUT2D eigenvalue weighted by atomic mass is 32.2. The Kier molecular flexibility index (Phi) is 7.98. The normalized spacial score (nSPS) is 10.9. The summed E-state index contributed by atoms with van der Waals surface area (Å²) in [4.78, 5) is 12.3. The van der Waals surface area contributed by atoms with Crippen molar-refractivity contribution in [3.63, 3.8) is 0 Å². The molecule has 3 aromatic carbocycles. The van der Waals surface area contributed by atoms with Crippen LogP contribution < -0.4 is 18.9 Å². The van der Waals surface area contributed by atoms with Crippen molar-refractivity contribution in [2.24, 2.45) is 0 Å². The standard InChI is InChI=1S/C24H25NO8S/c1-16-8-10-18(11-9-16)34(28,29)25-19-14-17(24(27)31-3)15-22(32-13-12-26)23(19)33-21-7-5-4-6-20(21)30-2/h4-11,14-15,25-26H,12-13H2,1-3H3. The Morgan fingerprint density at radius 2 is 1.65 bits per heavy atom. The van der Waals surface area contributed by atoms with Gasteiger partial charge in [0.25, 0.3) is 10.0 Å². The number of carbonyl (C=O) groups excluding carboxylic acids is 1. The first-order valence-electron chi connectivity index (χ1n) is 10.2. The van der Waals surface area contributed by atoms with Crippen LogP contribution in [0.2, 0.25) is 0 Å². The number of carbonyl (C=O) groups is 1. The quantitative estimate of drug-likeness (QED) is 0.415. The van der Waals surface area contributed by atoms with Gasteiger partial charge in [0.15, 0.2) is 23.0 Å². The topological polar surface area (TPSA) is 120 Å². The highest BCUT2D eigenvalue weighted by Crippen LogP contribution is 2.43. The van der Waals surface area contributed by atoms with Crippen LogP contribution in [-0.4, -0.2) is 46.9 Å². The second-order valence-corrected chi connectivity index (χ2v) is 8.77. The average Bonchev–Trinajstić information content (AvgIpc) is 2.83. The number of benzene rings is 3. The van der Waals surface area contributed by atoms with Crippen LogP contribution in [0.1, 0.15) is 15.9 Å². The highest BCUT2D eigenvalue weighted by molar-refractivity contribution is 7.92. The molecule has 0 saturated carbocycles. The van der Waals surface area contributed by atoms with Gasteiger partial charge in [-0.3, -0.25) is 4.72 Å². The number of nitrogens with one attached hydrogen (secondary N) is 1. The molecule has 0 bridgehead atoms. The molecule has 2 N–H and O–H groups in total. The van der Waals surface area contributed by atoms with Crippen LogP contribution in [0.3, 0.4) is 0 Å². The molecule has 0 aliphatic heterocycles. The van der Waals surface area contributed by atoms with E-state index in [0.717, 1.165) is 5.56 Å². The number of rotatable bonds is 10. The molecule has 0 heterocycles. The molecule has 0 fully saturated rings. The van der Waals surface area contributed by atoms with Gasteiger partial charge in [-0.2, -0.15) is 0 Å². The lowest BCUT2D eigenvalue weighted by Gasteiger charge is -2.19. The third-order valence-electron chi connectivity index (χ3n) is 4.68. The van der Waals surface area contributed by atoms with Gasteiger partial charge in [-0.15, -0.1) is 0 Å². The molecule has 0 radical (unpaired) electrons. The fourth-order valence-corrected chi connectivity index (χ4v) is 4.07. The van der Waals surface area contributed by atoms with E-state index in [9.17, 15) is 18.3 Å². The van der Waals surface area contributed by atoms with Gasteiger partial charge in [0.1, 0.15) is 6.61 Å². The van der Waals surface area contributed by atoms with Gasteiger partial charge in [0, 0.05) is 0 Å². The van der Waals surface area contributed by atoms with E-state index in [2.05, 4.69) is 4.72 Å². The summed E-state index contributed by atoms with van der Waals surface area (Å²) in [6.07, 6.45) is 0. The van der Waals surface area contributed by atoms with Crippen LogP contribution in [0.4, 0.5) is 5.69 Å². The van der Waals surface area contributed by atoms with Crippen molar-refractivity contribution < 1.29 is 37.3 Å². The third-order valence-corrected chi connectivity index (χ3v) is 6.06. The maximum Gasteiger partial charge on any atom is 0.338 e. The minimum atomic E-state index is -4.07. The Morgan fingerprint density at radius 1 is 0.971 bits per heavy atom. The van der Waals surface area contributed by atoms with Gasteiger partial charge in [0.2, 0.25) is 0 Å². The lowest BCUT2D eigenvalue weighted by Crippen LogP contribution is -2.15. The summed E-state index contributed by atoms with van der Waals surface area (Å²) in [5.74, 6) is -0.0559. The lowest BCUT2D eigenvalue weighted by atomic mass is 10.1. The number of hydrogen-bond donors (Lipinski definition) is 2. The molecule has 9 nitrogen and oxygen atoms in total. The largest absolute Gasteiger partial charge is 0.493 e. The van der Waals surface area contributed by atoms with Gasteiger partial charge >= 0.3 is 5.97 Å². The van der Waals surface area contributed by atoms with E-state index >= 15 is 0 Å². The van der Waals surface area contributed by atoms with Crippen LogP contribution in [0.15, 0.2) is 65.6 Å². The fourth-order valence-electron chi connectivity index (χ4n) is 3.02. The number of para-hydroxylation sites is 2. The van der Waals surface area contributed by atoms with Gasteiger partial charge in [-0.1, -0.05) is 29.8 Å². The SMILES string of the molecule is COC(=O)c1cc(NS(=O)(=O)c2ccc(C)cc2)c(Oc2ccccc2OC)c(OCCO)c1. The summed E-state index contributed by atoms with van der Waals surface area (Å²) in [5.41, 5.74) is 0.846. The second kappa shape index (κ2) is 10.9. The maximum atomic E-state index is 13.1. The molecular weight excluding hydrogens is 462 g/mol. The van der Waals surface area contributed by atoms with Crippen molar-refractivity contribution in [3.8, 4) is 23.0 Å². The Bertz CT molecular complexity index is 1260. The highest BCUT2D eigenvalue weighted by Gasteiger charge is 2.24. The molecule has 0 aliphatic rings. The first kappa shape index (κ1) is 24.9. The van der Waals surface area contributed by atoms with E-state index in [4.69, 9.17) is 18.9 Å². The first-order chi connectivity index (χ1) is 16.3. The maximum absolute atomic E-state index is 13.1. The zero-order valence-corrected chi connectivity index (χ0v) is 19.7. The number of aliphatic hydroxyl groups excluding tert-OH is 1. The Labute approximate surface area is 197 Å². The fraction of sp³-hybridized carbons (Fsp3) is 0.208. The summed E-state index contributed by atoms with van der Waals surface area (Å²) in [6, 6.07) is 15.6. The van der Waals surface area contributed by atoms with Crippen LogP contribution in [0, 0.1) is 6.92 Å². The average molecular weight is 488 g/mol. The minimum Gasteiger partial charge on any atom is -0.493 e. The van der Waals surface area contributed by atoms with E-state index in [1.54, 1.807) is 36.4 Å². The van der Waals surface area contributed by atoms with E-state index in [-0.39, 0.29) is 46.6 Å². The van der Waals surface area contributed by atoms with E-state index in [0.29, 0.717) is 5.75 Å². The van der Waals surface area contributed by atoms with Gasteiger partial charge in [0.05, 0.1) is 37.0 Å². The second-order valence-electron chi connectivity index (χ2n) is 7.09. The Balaban J connectivity index is 2.17. The molecule has 0 saturated heterocycles. The number of sulfonamides is 1. The minimum absolute atomic E-state index is 0.0163. The van der Waals surface area contributed by atoms with Crippen molar-refractivity contribution in [2.45, 2.75) is 11.8 Å². The lowest BCUT2D eigenvalue weighted by molar-refractivity contribution is 0.0600. The molecule has 0 unspecified atom stereocenters. The predicted molar refractivity (Wildman–Crippen MR) is 125 cm³/mol. The van der Waals surface area contributed by atoms with Crippen molar-refractivity contribution >= 4 is 21.7 Å². The monoisotopic (exact) mass is 487 g/mol. The molecule has 34 heavy (non-hydrogen) atoms. The third kappa shape index (κ3) is 5.77.